The number of rotatable bonds is 7. The molecule has 0 aliphatic heterocycles. The summed E-state index contributed by atoms with van der Waals surface area (Å²) in [5.74, 6) is -0.714. The highest BCUT2D eigenvalue weighted by Gasteiger charge is 2.11. The Morgan fingerprint density at radius 3 is 2.43 bits per heavy atom. The Bertz CT molecular complexity index is 703. The zero-order valence-corrected chi connectivity index (χ0v) is 13.9. The molecule has 0 aromatic heterocycles. The van der Waals surface area contributed by atoms with E-state index in [1.807, 2.05) is 31.2 Å². The zero-order valence-electron chi connectivity index (χ0n) is 13.0. The summed E-state index contributed by atoms with van der Waals surface area (Å²) < 4.78 is 25.4. The first-order valence-electron chi connectivity index (χ1n) is 7.46. The summed E-state index contributed by atoms with van der Waals surface area (Å²) in [5, 5.41) is 2.76. The SMILES string of the molecule is Cc1ccccc1CCNC(=O)CS(=O)Cc1ccccc1F. The molecule has 2 aromatic carbocycles. The number of aryl methyl sites for hydroxylation is 1. The van der Waals surface area contributed by atoms with Crippen molar-refractivity contribution in [2.24, 2.45) is 0 Å². The Balaban J connectivity index is 1.75. The normalized spacial score (nSPS) is 11.9. The zero-order chi connectivity index (χ0) is 16.7. The molecule has 3 nitrogen and oxygen atoms in total. The predicted octanol–water partition coefficient (Wildman–Crippen LogP) is 2.74. The van der Waals surface area contributed by atoms with Gasteiger partial charge in [0, 0.05) is 22.9 Å². The molecule has 122 valence electrons. The number of carbonyl (C=O) groups excluding carboxylic acids is 1. The third-order valence-electron chi connectivity index (χ3n) is 3.54. The van der Waals surface area contributed by atoms with Crippen LogP contribution in [-0.2, 0) is 27.8 Å². The molecular formula is C18H20FNO2S. The van der Waals surface area contributed by atoms with Crippen molar-refractivity contribution in [2.45, 2.75) is 19.1 Å². The Kier molecular flexibility index (Phi) is 6.47. The van der Waals surface area contributed by atoms with E-state index in [0.717, 1.165) is 6.42 Å². The molecule has 1 N–H and O–H groups in total. The second-order valence-corrected chi connectivity index (χ2v) is 6.80. The van der Waals surface area contributed by atoms with Gasteiger partial charge in [-0.2, -0.15) is 0 Å². The molecular weight excluding hydrogens is 313 g/mol. The molecule has 2 rings (SSSR count). The molecule has 0 saturated carbocycles. The van der Waals surface area contributed by atoms with Crippen LogP contribution in [0.25, 0.3) is 0 Å². The van der Waals surface area contributed by atoms with E-state index < -0.39 is 10.8 Å². The van der Waals surface area contributed by atoms with Crippen molar-refractivity contribution in [3.8, 4) is 0 Å². The lowest BCUT2D eigenvalue weighted by molar-refractivity contribution is -0.118. The first kappa shape index (κ1) is 17.3. The fraction of sp³-hybridized carbons (Fsp3) is 0.278. The van der Waals surface area contributed by atoms with Gasteiger partial charge < -0.3 is 5.32 Å². The minimum Gasteiger partial charge on any atom is -0.355 e. The van der Waals surface area contributed by atoms with Crippen LogP contribution in [0.2, 0.25) is 0 Å². The summed E-state index contributed by atoms with van der Waals surface area (Å²) in [6.45, 7) is 2.53. The van der Waals surface area contributed by atoms with Crippen molar-refractivity contribution >= 4 is 16.7 Å². The highest BCUT2D eigenvalue weighted by molar-refractivity contribution is 7.84. The van der Waals surface area contributed by atoms with Gasteiger partial charge in [0.05, 0.1) is 5.75 Å². The average Bonchev–Trinajstić information content (AvgIpc) is 2.51. The van der Waals surface area contributed by atoms with Crippen LogP contribution in [0.5, 0.6) is 0 Å². The quantitative estimate of drug-likeness (QED) is 0.847. The van der Waals surface area contributed by atoms with Gasteiger partial charge in [-0.15, -0.1) is 0 Å². The van der Waals surface area contributed by atoms with Crippen LogP contribution in [0.4, 0.5) is 4.39 Å². The van der Waals surface area contributed by atoms with Crippen molar-refractivity contribution < 1.29 is 13.4 Å². The monoisotopic (exact) mass is 333 g/mol. The van der Waals surface area contributed by atoms with E-state index in [1.54, 1.807) is 18.2 Å². The standard InChI is InChI=1S/C18H20FNO2S/c1-14-6-2-3-7-15(14)10-11-20-18(21)13-23(22)12-16-8-4-5-9-17(16)19/h2-9H,10-13H2,1H3,(H,20,21). The van der Waals surface area contributed by atoms with E-state index in [-0.39, 0.29) is 23.2 Å². The van der Waals surface area contributed by atoms with E-state index in [2.05, 4.69) is 5.32 Å². The van der Waals surface area contributed by atoms with Crippen molar-refractivity contribution in [1.82, 2.24) is 5.32 Å². The van der Waals surface area contributed by atoms with Gasteiger partial charge >= 0.3 is 0 Å². The largest absolute Gasteiger partial charge is 0.355 e. The van der Waals surface area contributed by atoms with Crippen LogP contribution in [0.1, 0.15) is 16.7 Å². The van der Waals surface area contributed by atoms with Gasteiger partial charge in [-0.05, 0) is 30.5 Å². The van der Waals surface area contributed by atoms with E-state index >= 15 is 0 Å². The molecule has 0 spiro atoms. The molecule has 2 aromatic rings. The molecule has 1 atom stereocenters. The number of nitrogens with one attached hydrogen (secondary N) is 1. The third kappa shape index (κ3) is 5.60. The molecule has 0 aliphatic carbocycles. The van der Waals surface area contributed by atoms with E-state index in [0.29, 0.717) is 12.1 Å². The summed E-state index contributed by atoms with van der Waals surface area (Å²) in [6.07, 6.45) is 0.734. The molecule has 1 unspecified atom stereocenters. The molecule has 0 aliphatic rings. The number of halogens is 1. The molecule has 0 saturated heterocycles. The van der Waals surface area contributed by atoms with Gasteiger partial charge in [0.2, 0.25) is 5.91 Å². The summed E-state index contributed by atoms with van der Waals surface area (Å²) in [7, 11) is -1.42. The Morgan fingerprint density at radius 2 is 1.74 bits per heavy atom. The first-order chi connectivity index (χ1) is 11.1. The second kappa shape index (κ2) is 8.58. The summed E-state index contributed by atoms with van der Waals surface area (Å²) in [4.78, 5) is 11.8. The van der Waals surface area contributed by atoms with Crippen LogP contribution in [0, 0.1) is 12.7 Å². The number of amides is 1. The highest BCUT2D eigenvalue weighted by Crippen LogP contribution is 2.09. The maximum absolute atomic E-state index is 13.5. The van der Waals surface area contributed by atoms with Crippen LogP contribution in [0.3, 0.4) is 0 Å². The molecule has 0 heterocycles. The predicted molar refractivity (Wildman–Crippen MR) is 91.0 cm³/mol. The topological polar surface area (TPSA) is 46.2 Å². The highest BCUT2D eigenvalue weighted by atomic mass is 32.2. The minimum absolute atomic E-state index is 0.0535. The maximum atomic E-state index is 13.5. The van der Waals surface area contributed by atoms with Gasteiger partial charge in [0.15, 0.2) is 0 Å². The van der Waals surface area contributed by atoms with Gasteiger partial charge in [-0.3, -0.25) is 9.00 Å². The summed E-state index contributed by atoms with van der Waals surface area (Å²) in [5.41, 5.74) is 2.74. The van der Waals surface area contributed by atoms with Crippen molar-refractivity contribution in [1.29, 1.82) is 0 Å². The van der Waals surface area contributed by atoms with Crippen LogP contribution >= 0.6 is 0 Å². The lowest BCUT2D eigenvalue weighted by Crippen LogP contribution is -2.30. The van der Waals surface area contributed by atoms with Gasteiger partial charge in [0.1, 0.15) is 11.6 Å². The smallest absolute Gasteiger partial charge is 0.232 e. The van der Waals surface area contributed by atoms with Crippen LogP contribution in [0.15, 0.2) is 48.5 Å². The Morgan fingerprint density at radius 1 is 1.09 bits per heavy atom. The molecule has 5 heteroatoms. The fourth-order valence-electron chi connectivity index (χ4n) is 2.26. The molecule has 23 heavy (non-hydrogen) atoms. The lowest BCUT2D eigenvalue weighted by atomic mass is 10.1. The summed E-state index contributed by atoms with van der Waals surface area (Å²) >= 11 is 0. The number of hydrogen-bond donors (Lipinski definition) is 1. The Hall–Kier alpha value is -2.01. The third-order valence-corrected chi connectivity index (χ3v) is 4.76. The Labute approximate surface area is 138 Å². The number of carbonyl (C=O) groups is 1. The molecule has 1 amide bonds. The van der Waals surface area contributed by atoms with Gasteiger partial charge in [0.25, 0.3) is 0 Å². The van der Waals surface area contributed by atoms with E-state index in [4.69, 9.17) is 0 Å². The first-order valence-corrected chi connectivity index (χ1v) is 8.94. The molecule has 0 bridgehead atoms. The summed E-state index contributed by atoms with van der Waals surface area (Å²) in [6, 6.07) is 14.2. The lowest BCUT2D eigenvalue weighted by Gasteiger charge is -2.08. The minimum atomic E-state index is -1.42. The van der Waals surface area contributed by atoms with Crippen molar-refractivity contribution in [3.63, 3.8) is 0 Å². The number of benzene rings is 2. The number of hydrogen-bond acceptors (Lipinski definition) is 2. The molecule has 0 radical (unpaired) electrons. The van der Waals surface area contributed by atoms with E-state index in [9.17, 15) is 13.4 Å². The average molecular weight is 333 g/mol. The van der Waals surface area contributed by atoms with Crippen molar-refractivity contribution in [2.75, 3.05) is 12.3 Å². The van der Waals surface area contributed by atoms with Crippen LogP contribution < -0.4 is 5.32 Å². The maximum Gasteiger partial charge on any atom is 0.232 e. The van der Waals surface area contributed by atoms with E-state index in [1.165, 1.54) is 17.2 Å². The second-order valence-electron chi connectivity index (χ2n) is 5.35. The van der Waals surface area contributed by atoms with Gasteiger partial charge in [-0.25, -0.2) is 4.39 Å². The van der Waals surface area contributed by atoms with Crippen molar-refractivity contribution in [3.05, 3.63) is 71.0 Å². The van der Waals surface area contributed by atoms with Crippen LogP contribution in [-0.4, -0.2) is 22.4 Å². The fourth-order valence-corrected chi connectivity index (χ4v) is 3.34. The molecule has 0 fully saturated rings. The van der Waals surface area contributed by atoms with Gasteiger partial charge in [-0.1, -0.05) is 42.5 Å².